The van der Waals surface area contributed by atoms with Gasteiger partial charge in [0, 0.05) is 6.07 Å². The van der Waals surface area contributed by atoms with Crippen molar-refractivity contribution in [3.8, 4) is 5.75 Å². The predicted octanol–water partition coefficient (Wildman–Crippen LogP) is 3.17. The quantitative estimate of drug-likeness (QED) is 0.711. The second-order valence-electron chi connectivity index (χ2n) is 5.12. The molecule has 0 unspecified atom stereocenters. The summed E-state index contributed by atoms with van der Waals surface area (Å²) in [6.45, 7) is 4.18. The van der Waals surface area contributed by atoms with Crippen LogP contribution in [0.5, 0.6) is 5.75 Å². The van der Waals surface area contributed by atoms with Crippen LogP contribution < -0.4 is 15.4 Å². The van der Waals surface area contributed by atoms with Gasteiger partial charge < -0.3 is 19.9 Å². The summed E-state index contributed by atoms with van der Waals surface area (Å²) in [4.78, 5) is 20.6. The Bertz CT molecular complexity index is 861. The second kappa shape index (κ2) is 7.43. The number of hydrogen-bond donors (Lipinski definition) is 2. The van der Waals surface area contributed by atoms with Crippen molar-refractivity contribution >= 4 is 23.2 Å². The summed E-state index contributed by atoms with van der Waals surface area (Å²) in [6.07, 6.45) is 2.83. The van der Waals surface area contributed by atoms with Crippen LogP contribution in [0.25, 0.3) is 0 Å². The van der Waals surface area contributed by atoms with E-state index in [0.29, 0.717) is 35.4 Å². The topological polar surface area (TPSA) is 102 Å². The van der Waals surface area contributed by atoms with Gasteiger partial charge in [0.1, 0.15) is 23.0 Å². The summed E-state index contributed by atoms with van der Waals surface area (Å²) in [6, 6.07) is 8.94. The van der Waals surface area contributed by atoms with E-state index >= 15 is 0 Å². The maximum absolute atomic E-state index is 12.3. The molecule has 0 aliphatic carbocycles. The van der Waals surface area contributed by atoms with Gasteiger partial charge in [-0.3, -0.25) is 4.79 Å². The van der Waals surface area contributed by atoms with Crippen LogP contribution in [-0.2, 0) is 0 Å². The summed E-state index contributed by atoms with van der Waals surface area (Å²) >= 11 is 0. The molecule has 0 aliphatic heterocycles. The summed E-state index contributed by atoms with van der Waals surface area (Å²) in [7, 11) is 0. The van der Waals surface area contributed by atoms with E-state index in [1.165, 1.54) is 12.4 Å². The lowest BCUT2D eigenvalue weighted by Crippen LogP contribution is -2.15. The first kappa shape index (κ1) is 16.4. The van der Waals surface area contributed by atoms with Gasteiger partial charge in [-0.05, 0) is 26.0 Å². The van der Waals surface area contributed by atoms with E-state index in [1.807, 2.05) is 19.1 Å². The van der Waals surface area contributed by atoms with Gasteiger partial charge in [-0.1, -0.05) is 17.3 Å². The fourth-order valence-electron chi connectivity index (χ4n) is 2.10. The van der Waals surface area contributed by atoms with E-state index in [1.54, 1.807) is 25.1 Å². The van der Waals surface area contributed by atoms with Gasteiger partial charge in [0.05, 0.1) is 24.7 Å². The minimum atomic E-state index is -0.372. The fourth-order valence-corrected chi connectivity index (χ4v) is 2.10. The predicted molar refractivity (Wildman–Crippen MR) is 92.1 cm³/mol. The molecule has 2 heterocycles. The van der Waals surface area contributed by atoms with Crippen molar-refractivity contribution < 1.29 is 14.1 Å². The number of aromatic nitrogens is 3. The SMILES string of the molecule is CCOc1ccccc1NC(=O)c1cnc(Nc2cc(C)on2)cn1. The number of rotatable bonds is 6. The zero-order valence-corrected chi connectivity index (χ0v) is 13.8. The third-order valence-corrected chi connectivity index (χ3v) is 3.20. The van der Waals surface area contributed by atoms with Gasteiger partial charge in [0.2, 0.25) is 0 Å². The van der Waals surface area contributed by atoms with Crippen LogP contribution in [0.15, 0.2) is 47.2 Å². The lowest BCUT2D eigenvalue weighted by molar-refractivity contribution is 0.102. The standard InChI is InChI=1S/C17H17N5O3/c1-3-24-14-7-5-4-6-12(14)20-17(23)13-9-19-16(10-18-13)21-15-8-11(2)25-22-15/h4-10H,3H2,1-2H3,(H,20,23)(H,19,21,22). The highest BCUT2D eigenvalue weighted by molar-refractivity contribution is 6.03. The molecule has 0 bridgehead atoms. The lowest BCUT2D eigenvalue weighted by atomic mass is 10.3. The van der Waals surface area contributed by atoms with Crippen molar-refractivity contribution in [2.24, 2.45) is 0 Å². The first-order chi connectivity index (χ1) is 12.2. The number of carbonyl (C=O) groups excluding carboxylic acids is 1. The lowest BCUT2D eigenvalue weighted by Gasteiger charge is -2.10. The van der Waals surface area contributed by atoms with Gasteiger partial charge in [0.15, 0.2) is 5.82 Å². The number of ether oxygens (including phenoxy) is 1. The van der Waals surface area contributed by atoms with E-state index in [9.17, 15) is 4.79 Å². The Morgan fingerprint density at radius 1 is 1.20 bits per heavy atom. The molecule has 0 fully saturated rings. The zero-order valence-electron chi connectivity index (χ0n) is 13.8. The number of anilines is 3. The molecule has 0 saturated heterocycles. The molecule has 3 aromatic rings. The number of nitrogens with one attached hydrogen (secondary N) is 2. The van der Waals surface area contributed by atoms with Crippen LogP contribution in [0.4, 0.5) is 17.3 Å². The average molecular weight is 339 g/mol. The maximum atomic E-state index is 12.3. The molecular formula is C17H17N5O3. The number of para-hydroxylation sites is 2. The van der Waals surface area contributed by atoms with E-state index in [4.69, 9.17) is 9.26 Å². The second-order valence-corrected chi connectivity index (χ2v) is 5.12. The average Bonchev–Trinajstić information content (AvgIpc) is 3.02. The molecule has 8 nitrogen and oxygen atoms in total. The van der Waals surface area contributed by atoms with Crippen LogP contribution in [0.2, 0.25) is 0 Å². The van der Waals surface area contributed by atoms with E-state index in [0.717, 1.165) is 0 Å². The molecule has 0 atom stereocenters. The minimum Gasteiger partial charge on any atom is -0.492 e. The Kier molecular flexibility index (Phi) is 4.89. The monoisotopic (exact) mass is 339 g/mol. The Balaban J connectivity index is 1.68. The van der Waals surface area contributed by atoms with E-state index < -0.39 is 0 Å². The number of amides is 1. The Labute approximate surface area is 144 Å². The third-order valence-electron chi connectivity index (χ3n) is 3.20. The van der Waals surface area contributed by atoms with Crippen molar-refractivity contribution in [1.29, 1.82) is 0 Å². The minimum absolute atomic E-state index is 0.188. The molecule has 0 aliphatic rings. The summed E-state index contributed by atoms with van der Waals surface area (Å²) in [5.41, 5.74) is 0.768. The summed E-state index contributed by atoms with van der Waals surface area (Å²) in [5.74, 6) is 1.89. The van der Waals surface area contributed by atoms with Crippen LogP contribution >= 0.6 is 0 Å². The van der Waals surface area contributed by atoms with Crippen molar-refractivity contribution in [3.05, 3.63) is 54.2 Å². The molecule has 8 heteroatoms. The molecular weight excluding hydrogens is 322 g/mol. The van der Waals surface area contributed by atoms with Gasteiger partial charge in [-0.25, -0.2) is 9.97 Å². The zero-order chi connectivity index (χ0) is 17.6. The molecule has 1 aromatic carbocycles. The highest BCUT2D eigenvalue weighted by Gasteiger charge is 2.12. The summed E-state index contributed by atoms with van der Waals surface area (Å²) < 4.78 is 10.4. The number of aryl methyl sites for hydroxylation is 1. The van der Waals surface area contributed by atoms with Crippen molar-refractivity contribution in [3.63, 3.8) is 0 Å². The van der Waals surface area contributed by atoms with Crippen LogP contribution in [-0.4, -0.2) is 27.6 Å². The molecule has 1 amide bonds. The smallest absolute Gasteiger partial charge is 0.275 e. The van der Waals surface area contributed by atoms with Crippen molar-refractivity contribution in [1.82, 2.24) is 15.1 Å². The van der Waals surface area contributed by atoms with Crippen molar-refractivity contribution in [2.45, 2.75) is 13.8 Å². The highest BCUT2D eigenvalue weighted by atomic mass is 16.5. The van der Waals surface area contributed by atoms with E-state index in [-0.39, 0.29) is 11.6 Å². The first-order valence-corrected chi connectivity index (χ1v) is 7.71. The Morgan fingerprint density at radius 3 is 2.72 bits per heavy atom. The molecule has 25 heavy (non-hydrogen) atoms. The molecule has 2 N–H and O–H groups in total. The Morgan fingerprint density at radius 2 is 2.04 bits per heavy atom. The van der Waals surface area contributed by atoms with Gasteiger partial charge in [0.25, 0.3) is 5.91 Å². The Hall–Kier alpha value is -3.42. The number of nitrogens with zero attached hydrogens (tertiary/aromatic N) is 3. The van der Waals surface area contributed by atoms with Gasteiger partial charge in [-0.2, -0.15) is 0 Å². The number of hydrogen-bond acceptors (Lipinski definition) is 7. The van der Waals surface area contributed by atoms with Crippen LogP contribution in [0.3, 0.4) is 0 Å². The van der Waals surface area contributed by atoms with Crippen LogP contribution in [0, 0.1) is 6.92 Å². The molecule has 0 spiro atoms. The molecule has 0 radical (unpaired) electrons. The first-order valence-electron chi connectivity index (χ1n) is 7.71. The van der Waals surface area contributed by atoms with Gasteiger partial charge in [-0.15, -0.1) is 0 Å². The fraction of sp³-hybridized carbons (Fsp3) is 0.176. The largest absolute Gasteiger partial charge is 0.492 e. The van der Waals surface area contributed by atoms with E-state index in [2.05, 4.69) is 25.8 Å². The molecule has 0 saturated carbocycles. The number of carbonyl (C=O) groups is 1. The normalized spacial score (nSPS) is 10.3. The maximum Gasteiger partial charge on any atom is 0.275 e. The van der Waals surface area contributed by atoms with Crippen molar-refractivity contribution in [2.75, 3.05) is 17.2 Å². The third kappa shape index (κ3) is 4.11. The molecule has 2 aromatic heterocycles. The molecule has 3 rings (SSSR count). The molecule has 128 valence electrons. The highest BCUT2D eigenvalue weighted by Crippen LogP contribution is 2.24. The van der Waals surface area contributed by atoms with Gasteiger partial charge >= 0.3 is 0 Å². The number of benzene rings is 1. The van der Waals surface area contributed by atoms with Crippen LogP contribution in [0.1, 0.15) is 23.2 Å². The summed E-state index contributed by atoms with van der Waals surface area (Å²) in [5, 5.41) is 9.51.